The minimum atomic E-state index is -0.157. The van der Waals surface area contributed by atoms with Crippen LogP contribution in [-0.4, -0.2) is 31.9 Å². The van der Waals surface area contributed by atoms with Crippen molar-refractivity contribution in [2.45, 2.75) is 45.1 Å². The molecule has 21 heavy (non-hydrogen) atoms. The lowest BCUT2D eigenvalue weighted by molar-refractivity contribution is 0.0498. The Balaban J connectivity index is 2.01. The van der Waals surface area contributed by atoms with Gasteiger partial charge in [0.25, 0.3) is 0 Å². The Hall–Kier alpha value is -1.22. The molecule has 0 radical (unpaired) electrons. The van der Waals surface area contributed by atoms with Crippen LogP contribution in [0.25, 0.3) is 0 Å². The first kappa shape index (κ1) is 16.2. The highest BCUT2D eigenvalue weighted by molar-refractivity contribution is 5.57. The normalized spacial score (nSPS) is 25.6. The maximum Gasteiger partial charge on any atom is 0.142 e. The van der Waals surface area contributed by atoms with E-state index in [1.54, 1.807) is 7.11 Å². The number of methoxy groups -OCH3 is 1. The highest BCUT2D eigenvalue weighted by Gasteiger charge is 2.29. The number of rotatable bonds is 6. The van der Waals surface area contributed by atoms with Crippen molar-refractivity contribution >= 4 is 5.69 Å². The number of ether oxygens (including phenoxy) is 1. The van der Waals surface area contributed by atoms with E-state index >= 15 is 0 Å². The van der Waals surface area contributed by atoms with Crippen LogP contribution in [0.15, 0.2) is 24.3 Å². The Kier molecular flexibility index (Phi) is 5.92. The fraction of sp³-hybridized carbons (Fsp3) is 0.667. The summed E-state index contributed by atoms with van der Waals surface area (Å²) in [5.41, 5.74) is 1.10. The van der Waals surface area contributed by atoms with E-state index in [1.165, 1.54) is 19.3 Å². The van der Waals surface area contributed by atoms with Crippen molar-refractivity contribution in [3.05, 3.63) is 24.3 Å². The summed E-state index contributed by atoms with van der Waals surface area (Å²) in [5, 5.41) is 10.3. The first-order valence-electron chi connectivity index (χ1n) is 8.17. The van der Waals surface area contributed by atoms with Gasteiger partial charge in [-0.2, -0.15) is 0 Å². The Morgan fingerprint density at radius 1 is 1.29 bits per heavy atom. The van der Waals surface area contributed by atoms with Crippen molar-refractivity contribution in [2.24, 2.45) is 11.8 Å². The molecule has 3 atom stereocenters. The lowest BCUT2D eigenvalue weighted by Crippen LogP contribution is -2.37. The minimum Gasteiger partial charge on any atom is -0.495 e. The molecule has 3 unspecified atom stereocenters. The summed E-state index contributed by atoms with van der Waals surface area (Å²) >= 11 is 0. The summed E-state index contributed by atoms with van der Waals surface area (Å²) in [5.74, 6) is 2.05. The zero-order valence-electron chi connectivity index (χ0n) is 13.6. The topological polar surface area (TPSA) is 32.7 Å². The molecule has 1 saturated carbocycles. The molecule has 1 aromatic carbocycles. The van der Waals surface area contributed by atoms with Gasteiger partial charge in [0.2, 0.25) is 0 Å². The van der Waals surface area contributed by atoms with E-state index < -0.39 is 0 Å². The summed E-state index contributed by atoms with van der Waals surface area (Å²) in [6, 6.07) is 8.09. The summed E-state index contributed by atoms with van der Waals surface area (Å²) < 4.78 is 5.44. The molecule has 1 fully saturated rings. The average molecular weight is 291 g/mol. The van der Waals surface area contributed by atoms with Crippen LogP contribution in [-0.2, 0) is 0 Å². The van der Waals surface area contributed by atoms with E-state index in [4.69, 9.17) is 4.74 Å². The molecule has 1 aliphatic carbocycles. The number of nitrogens with zero attached hydrogens (tertiary/aromatic N) is 1. The molecule has 1 N–H and O–H groups in total. The molecule has 3 nitrogen and oxygen atoms in total. The van der Waals surface area contributed by atoms with E-state index in [0.29, 0.717) is 5.92 Å². The highest BCUT2D eigenvalue weighted by Crippen LogP contribution is 2.34. The highest BCUT2D eigenvalue weighted by atomic mass is 16.5. The maximum atomic E-state index is 10.3. The Morgan fingerprint density at radius 2 is 2.05 bits per heavy atom. The van der Waals surface area contributed by atoms with Gasteiger partial charge in [-0.1, -0.05) is 31.9 Å². The second-order valence-electron chi connectivity index (χ2n) is 6.35. The van der Waals surface area contributed by atoms with Crippen molar-refractivity contribution in [1.82, 2.24) is 0 Å². The minimum absolute atomic E-state index is 0.157. The van der Waals surface area contributed by atoms with Crippen molar-refractivity contribution < 1.29 is 9.84 Å². The summed E-state index contributed by atoms with van der Waals surface area (Å²) in [4.78, 5) is 2.22. The van der Waals surface area contributed by atoms with Crippen LogP contribution in [0.5, 0.6) is 5.75 Å². The van der Waals surface area contributed by atoms with Gasteiger partial charge in [0.15, 0.2) is 0 Å². The van der Waals surface area contributed by atoms with E-state index in [1.807, 2.05) is 18.2 Å². The number of benzene rings is 1. The molecule has 0 bridgehead atoms. The largest absolute Gasteiger partial charge is 0.495 e. The van der Waals surface area contributed by atoms with Crippen molar-refractivity contribution in [3.8, 4) is 5.75 Å². The second-order valence-corrected chi connectivity index (χ2v) is 6.35. The van der Waals surface area contributed by atoms with Gasteiger partial charge in [-0.05, 0) is 37.3 Å². The molecule has 3 heteroatoms. The van der Waals surface area contributed by atoms with E-state index in [-0.39, 0.29) is 6.10 Å². The number of hydrogen-bond donors (Lipinski definition) is 1. The van der Waals surface area contributed by atoms with E-state index in [0.717, 1.165) is 36.7 Å². The van der Waals surface area contributed by atoms with E-state index in [2.05, 4.69) is 24.9 Å². The van der Waals surface area contributed by atoms with Gasteiger partial charge in [0.1, 0.15) is 5.75 Å². The molecule has 0 amide bonds. The quantitative estimate of drug-likeness (QED) is 0.867. The molecule has 2 rings (SSSR count). The number of aliphatic hydroxyl groups excluding tert-OH is 1. The van der Waals surface area contributed by atoms with Crippen LogP contribution >= 0.6 is 0 Å². The molecule has 0 saturated heterocycles. The number of anilines is 1. The lowest BCUT2D eigenvalue weighted by Gasteiger charge is -2.36. The number of aliphatic hydroxyl groups is 1. The predicted octanol–water partition coefficient (Wildman–Crippen LogP) is 3.71. The maximum absolute atomic E-state index is 10.3. The van der Waals surface area contributed by atoms with Crippen LogP contribution in [0, 0.1) is 11.8 Å². The zero-order chi connectivity index (χ0) is 15.2. The third-order valence-corrected chi connectivity index (χ3v) is 4.75. The van der Waals surface area contributed by atoms with Gasteiger partial charge < -0.3 is 14.7 Å². The fourth-order valence-electron chi connectivity index (χ4n) is 3.61. The second kappa shape index (κ2) is 7.69. The number of hydrogen-bond acceptors (Lipinski definition) is 3. The van der Waals surface area contributed by atoms with E-state index in [9.17, 15) is 5.11 Å². The van der Waals surface area contributed by atoms with Crippen molar-refractivity contribution in [1.29, 1.82) is 0 Å². The molecule has 0 aromatic heterocycles. The molecular weight excluding hydrogens is 262 g/mol. The van der Waals surface area contributed by atoms with Crippen LogP contribution in [0.2, 0.25) is 0 Å². The predicted molar refractivity (Wildman–Crippen MR) is 88.0 cm³/mol. The lowest BCUT2D eigenvalue weighted by atomic mass is 9.77. The third-order valence-electron chi connectivity index (χ3n) is 4.75. The van der Waals surface area contributed by atoms with Crippen molar-refractivity contribution in [2.75, 3.05) is 25.6 Å². The zero-order valence-corrected chi connectivity index (χ0v) is 13.6. The monoisotopic (exact) mass is 291 g/mol. The van der Waals surface area contributed by atoms with Gasteiger partial charge >= 0.3 is 0 Å². The molecule has 0 heterocycles. The van der Waals surface area contributed by atoms with Gasteiger partial charge in [-0.15, -0.1) is 0 Å². The molecular formula is C18H29NO2. The first-order chi connectivity index (χ1) is 10.2. The van der Waals surface area contributed by atoms with Crippen LogP contribution in [0.1, 0.15) is 39.0 Å². The fourth-order valence-corrected chi connectivity index (χ4v) is 3.61. The molecule has 1 aromatic rings. The van der Waals surface area contributed by atoms with Crippen LogP contribution < -0.4 is 9.64 Å². The Morgan fingerprint density at radius 3 is 2.76 bits per heavy atom. The van der Waals surface area contributed by atoms with Gasteiger partial charge in [-0.25, -0.2) is 0 Å². The van der Waals surface area contributed by atoms with Gasteiger partial charge in [0.05, 0.1) is 18.9 Å². The van der Waals surface area contributed by atoms with Gasteiger partial charge in [-0.3, -0.25) is 0 Å². The summed E-state index contributed by atoms with van der Waals surface area (Å²) in [6.07, 6.45) is 5.67. The average Bonchev–Trinajstić information content (AvgIpc) is 2.50. The van der Waals surface area contributed by atoms with Crippen LogP contribution in [0.3, 0.4) is 0 Å². The molecule has 0 aliphatic heterocycles. The Bertz CT molecular complexity index is 435. The SMILES string of the molecule is CCCC1CCC(O)C(CN(C)c2ccccc2OC)C1. The summed E-state index contributed by atoms with van der Waals surface area (Å²) in [6.45, 7) is 3.14. The smallest absolute Gasteiger partial charge is 0.142 e. The van der Waals surface area contributed by atoms with Crippen molar-refractivity contribution in [3.63, 3.8) is 0 Å². The molecule has 1 aliphatic rings. The molecule has 118 valence electrons. The van der Waals surface area contributed by atoms with Crippen LogP contribution in [0.4, 0.5) is 5.69 Å². The third kappa shape index (κ3) is 4.13. The number of para-hydroxylation sites is 2. The van der Waals surface area contributed by atoms with Gasteiger partial charge in [0, 0.05) is 19.5 Å². The first-order valence-corrected chi connectivity index (χ1v) is 8.17. The standard InChI is InChI=1S/C18H29NO2/c1-4-7-14-10-11-17(20)15(12-14)13-19(2)16-8-5-6-9-18(16)21-3/h5-6,8-9,14-15,17,20H,4,7,10-13H2,1-3H3. The Labute approximate surface area is 128 Å². The molecule has 0 spiro atoms. The summed E-state index contributed by atoms with van der Waals surface area (Å²) in [7, 11) is 3.80.